The smallest absolute Gasteiger partial charge is 0.171 e. The maximum atomic E-state index is 12.3. The number of alkyl halides is 3. The summed E-state index contributed by atoms with van der Waals surface area (Å²) in [4.78, 5) is 2.52. The Morgan fingerprint density at radius 1 is 0.826 bits per heavy atom. The molecule has 0 aromatic rings. The maximum absolute atomic E-state index is 12.3. The molecule has 0 saturated carbocycles. The monoisotopic (exact) mass is 335 g/mol. The van der Waals surface area contributed by atoms with Crippen molar-refractivity contribution in [2.75, 3.05) is 0 Å². The van der Waals surface area contributed by atoms with Gasteiger partial charge in [-0.05, 0) is 12.0 Å². The fourth-order valence-corrected chi connectivity index (χ4v) is 2.76. The Labute approximate surface area is 138 Å². The molecule has 0 N–H and O–H groups in total. The Morgan fingerprint density at radius 3 is 1.65 bits per heavy atom. The second-order valence-electron chi connectivity index (χ2n) is 6.36. The van der Waals surface area contributed by atoms with Crippen LogP contribution < -0.4 is 0 Å². The molecular weight excluding hydrogens is 303 g/mol. The number of unbranched alkanes of at least 4 members (excludes halogenated alkanes) is 11. The van der Waals surface area contributed by atoms with Gasteiger partial charge in [0.25, 0.3) is 0 Å². The van der Waals surface area contributed by atoms with Crippen LogP contribution in [-0.4, -0.2) is 12.2 Å². The fraction of sp³-hybridized carbons (Fsp3) is 1.00. The summed E-state index contributed by atoms with van der Waals surface area (Å²) in [7, 11) is 0. The van der Waals surface area contributed by atoms with E-state index in [1.165, 1.54) is 51.4 Å². The van der Waals surface area contributed by atoms with Gasteiger partial charge >= 0.3 is 6.18 Å². The van der Waals surface area contributed by atoms with Crippen molar-refractivity contribution in [3.05, 3.63) is 10.4 Å². The highest BCUT2D eigenvalue weighted by atomic mass is 19.4. The first kappa shape index (κ1) is 22.1. The van der Waals surface area contributed by atoms with Crippen molar-refractivity contribution in [1.29, 1.82) is 0 Å². The van der Waals surface area contributed by atoms with E-state index in [-0.39, 0.29) is 0 Å². The third kappa shape index (κ3) is 17.3. The fourth-order valence-electron chi connectivity index (χ4n) is 2.76. The van der Waals surface area contributed by atoms with E-state index in [1.54, 1.807) is 0 Å². The van der Waals surface area contributed by atoms with Crippen LogP contribution in [0, 0.1) is 0 Å². The van der Waals surface area contributed by atoms with Crippen molar-refractivity contribution in [2.24, 2.45) is 5.11 Å². The molecule has 0 fully saturated rings. The lowest BCUT2D eigenvalue weighted by Gasteiger charge is -2.13. The summed E-state index contributed by atoms with van der Waals surface area (Å²) in [6.07, 6.45) is 9.33. The standard InChI is InChI=1S/C17H32F3N3/c1-2-3-4-5-6-7-8-9-10-11-12-13-14-16(22-23-21)15-17(18,19)20/h16H,2-15H2,1H3. The Hall–Kier alpha value is -0.900. The highest BCUT2D eigenvalue weighted by Gasteiger charge is 2.31. The van der Waals surface area contributed by atoms with Gasteiger partial charge in [-0.3, -0.25) is 0 Å². The minimum Gasteiger partial charge on any atom is -0.171 e. The van der Waals surface area contributed by atoms with Gasteiger partial charge in [0, 0.05) is 11.0 Å². The average molecular weight is 335 g/mol. The van der Waals surface area contributed by atoms with E-state index in [1.807, 2.05) is 0 Å². The van der Waals surface area contributed by atoms with Gasteiger partial charge in [0.2, 0.25) is 0 Å². The van der Waals surface area contributed by atoms with E-state index >= 15 is 0 Å². The van der Waals surface area contributed by atoms with Crippen LogP contribution >= 0.6 is 0 Å². The normalized spacial score (nSPS) is 12.9. The Morgan fingerprint density at radius 2 is 1.26 bits per heavy atom. The molecule has 23 heavy (non-hydrogen) atoms. The van der Waals surface area contributed by atoms with Crippen LogP contribution in [0.15, 0.2) is 5.11 Å². The maximum Gasteiger partial charge on any atom is 0.389 e. The average Bonchev–Trinajstić information content (AvgIpc) is 2.47. The van der Waals surface area contributed by atoms with Crippen LogP contribution in [0.1, 0.15) is 96.8 Å². The molecule has 0 aliphatic carbocycles. The van der Waals surface area contributed by atoms with Gasteiger partial charge in [0.15, 0.2) is 0 Å². The first-order valence-electron chi connectivity index (χ1n) is 9.10. The Kier molecular flexibility index (Phi) is 14.1. The van der Waals surface area contributed by atoms with Crippen molar-refractivity contribution in [1.82, 2.24) is 0 Å². The summed E-state index contributed by atoms with van der Waals surface area (Å²) in [5.74, 6) is 0. The zero-order valence-electron chi connectivity index (χ0n) is 14.5. The molecule has 0 aliphatic rings. The minimum atomic E-state index is -4.25. The Bertz CT molecular complexity index is 313. The summed E-state index contributed by atoms with van der Waals surface area (Å²) in [5.41, 5.74) is 8.32. The molecule has 6 heteroatoms. The highest BCUT2D eigenvalue weighted by Crippen LogP contribution is 2.25. The lowest BCUT2D eigenvalue weighted by molar-refractivity contribution is -0.138. The second kappa shape index (κ2) is 14.7. The highest BCUT2D eigenvalue weighted by molar-refractivity contribution is 4.71. The molecule has 0 aromatic carbocycles. The summed E-state index contributed by atoms with van der Waals surface area (Å²) in [6.45, 7) is 2.22. The van der Waals surface area contributed by atoms with E-state index in [0.29, 0.717) is 12.8 Å². The molecule has 0 bridgehead atoms. The SMILES string of the molecule is CCCCCCCCCCCCCCC(CC(F)(F)F)N=[N+]=[N-]. The van der Waals surface area contributed by atoms with E-state index in [4.69, 9.17) is 5.53 Å². The molecule has 0 spiro atoms. The van der Waals surface area contributed by atoms with Gasteiger partial charge < -0.3 is 0 Å². The van der Waals surface area contributed by atoms with Crippen molar-refractivity contribution in [3.8, 4) is 0 Å². The number of hydrogen-bond acceptors (Lipinski definition) is 1. The van der Waals surface area contributed by atoms with Crippen LogP contribution in [0.3, 0.4) is 0 Å². The summed E-state index contributed by atoms with van der Waals surface area (Å²) in [6, 6.07) is -0.942. The van der Waals surface area contributed by atoms with Crippen LogP contribution in [0.4, 0.5) is 13.2 Å². The van der Waals surface area contributed by atoms with Crippen LogP contribution in [-0.2, 0) is 0 Å². The predicted molar refractivity (Wildman–Crippen MR) is 89.3 cm³/mol. The van der Waals surface area contributed by atoms with E-state index in [9.17, 15) is 13.2 Å². The number of halogens is 3. The van der Waals surface area contributed by atoms with Gasteiger partial charge in [-0.2, -0.15) is 13.2 Å². The molecule has 0 aliphatic heterocycles. The van der Waals surface area contributed by atoms with E-state index in [2.05, 4.69) is 16.9 Å². The van der Waals surface area contributed by atoms with Crippen molar-refractivity contribution < 1.29 is 13.2 Å². The molecule has 0 amide bonds. The molecule has 1 unspecified atom stereocenters. The van der Waals surface area contributed by atoms with Crippen molar-refractivity contribution >= 4 is 0 Å². The summed E-state index contributed by atoms with van der Waals surface area (Å²) in [5, 5.41) is 3.26. The van der Waals surface area contributed by atoms with Gasteiger partial charge in [-0.15, -0.1) is 0 Å². The van der Waals surface area contributed by atoms with Crippen molar-refractivity contribution in [2.45, 2.75) is 109 Å². The van der Waals surface area contributed by atoms with Crippen LogP contribution in [0.2, 0.25) is 0 Å². The molecule has 0 saturated heterocycles. The zero-order chi connectivity index (χ0) is 17.4. The molecular formula is C17H32F3N3. The first-order valence-corrected chi connectivity index (χ1v) is 9.10. The molecule has 0 heterocycles. The molecule has 0 radical (unpaired) electrons. The third-order valence-corrected chi connectivity index (χ3v) is 4.07. The molecule has 136 valence electrons. The quantitative estimate of drug-likeness (QED) is 0.127. The first-order chi connectivity index (χ1) is 11.0. The lowest BCUT2D eigenvalue weighted by atomic mass is 10.0. The van der Waals surface area contributed by atoms with Crippen LogP contribution in [0.25, 0.3) is 10.4 Å². The van der Waals surface area contributed by atoms with E-state index < -0.39 is 18.6 Å². The Balaban J connectivity index is 3.44. The third-order valence-electron chi connectivity index (χ3n) is 4.07. The van der Waals surface area contributed by atoms with Gasteiger partial charge in [-0.25, -0.2) is 0 Å². The largest absolute Gasteiger partial charge is 0.389 e. The predicted octanol–water partition coefficient (Wildman–Crippen LogP) is 7.71. The summed E-state index contributed by atoms with van der Waals surface area (Å²) < 4.78 is 36.9. The van der Waals surface area contributed by atoms with Crippen LogP contribution in [0.5, 0.6) is 0 Å². The van der Waals surface area contributed by atoms with Gasteiger partial charge in [-0.1, -0.05) is 89.1 Å². The minimum absolute atomic E-state index is 0.334. The number of azide groups is 1. The van der Waals surface area contributed by atoms with E-state index in [0.717, 1.165) is 19.3 Å². The molecule has 1 atom stereocenters. The van der Waals surface area contributed by atoms with Gasteiger partial charge in [0.1, 0.15) is 0 Å². The number of hydrogen-bond donors (Lipinski definition) is 0. The number of nitrogens with zero attached hydrogens (tertiary/aromatic N) is 3. The topological polar surface area (TPSA) is 48.8 Å². The second-order valence-corrected chi connectivity index (χ2v) is 6.36. The van der Waals surface area contributed by atoms with Crippen molar-refractivity contribution in [3.63, 3.8) is 0 Å². The molecule has 3 nitrogen and oxygen atoms in total. The summed E-state index contributed by atoms with van der Waals surface area (Å²) >= 11 is 0. The number of rotatable bonds is 15. The van der Waals surface area contributed by atoms with Gasteiger partial charge in [0.05, 0.1) is 6.42 Å². The lowest BCUT2D eigenvalue weighted by Crippen LogP contribution is -2.17. The zero-order valence-corrected chi connectivity index (χ0v) is 14.5. The molecule has 0 aromatic heterocycles. The molecule has 0 rings (SSSR count).